The molecule has 0 bridgehead atoms. The smallest absolute Gasteiger partial charge is 0.413 e. The maximum atomic E-state index is 11.1. The molecule has 6 heteroatoms. The molecule has 1 aromatic carbocycles. The fraction of sp³-hybridized carbons (Fsp3) is 0.0714. The topological polar surface area (TPSA) is 79.9 Å². The second kappa shape index (κ2) is 5.00. The van der Waals surface area contributed by atoms with E-state index in [-0.39, 0.29) is 0 Å². The number of carbonyl (C=O) groups excluding carboxylic acids is 1. The Morgan fingerprint density at radius 1 is 1.30 bits per heavy atom. The molecule has 2 N–H and O–H groups in total. The van der Waals surface area contributed by atoms with Crippen LogP contribution in [0, 0.1) is 0 Å². The van der Waals surface area contributed by atoms with Gasteiger partial charge in [0, 0.05) is 18.0 Å². The number of aromatic amines is 1. The fourth-order valence-electron chi connectivity index (χ4n) is 1.93. The summed E-state index contributed by atoms with van der Waals surface area (Å²) >= 11 is 0. The highest BCUT2D eigenvalue weighted by molar-refractivity contribution is 5.88. The molecule has 100 valence electrons. The van der Waals surface area contributed by atoms with Gasteiger partial charge in [-0.2, -0.15) is 0 Å². The molecule has 0 radical (unpaired) electrons. The van der Waals surface area contributed by atoms with E-state index in [1.807, 2.05) is 30.3 Å². The molecule has 0 spiro atoms. The number of ether oxygens (including phenoxy) is 1. The normalized spacial score (nSPS) is 10.4. The lowest BCUT2D eigenvalue weighted by Gasteiger charge is -1.99. The SMILES string of the molecule is COC(=O)Nc1nc2ccc(-c3cccnc3)cc2[nH]1. The third kappa shape index (κ3) is 2.31. The summed E-state index contributed by atoms with van der Waals surface area (Å²) in [7, 11) is 1.30. The van der Waals surface area contributed by atoms with Gasteiger partial charge in [-0.15, -0.1) is 0 Å². The number of H-pyrrole nitrogens is 1. The molecule has 0 saturated carbocycles. The number of pyridine rings is 1. The van der Waals surface area contributed by atoms with Gasteiger partial charge >= 0.3 is 6.09 Å². The van der Waals surface area contributed by atoms with E-state index in [1.54, 1.807) is 12.4 Å². The third-order valence-electron chi connectivity index (χ3n) is 2.88. The summed E-state index contributed by atoms with van der Waals surface area (Å²) in [5, 5.41) is 2.50. The largest absolute Gasteiger partial charge is 0.453 e. The van der Waals surface area contributed by atoms with E-state index in [1.165, 1.54) is 7.11 Å². The summed E-state index contributed by atoms with van der Waals surface area (Å²) in [5.74, 6) is 0.357. The second-order valence-electron chi connectivity index (χ2n) is 4.18. The summed E-state index contributed by atoms with van der Waals surface area (Å²) in [4.78, 5) is 22.5. The van der Waals surface area contributed by atoms with Crippen molar-refractivity contribution in [2.75, 3.05) is 12.4 Å². The molecule has 0 atom stereocenters. The Balaban J connectivity index is 1.97. The van der Waals surface area contributed by atoms with Crippen molar-refractivity contribution in [2.45, 2.75) is 0 Å². The van der Waals surface area contributed by atoms with Crippen LogP contribution >= 0.6 is 0 Å². The van der Waals surface area contributed by atoms with Crippen LogP contribution < -0.4 is 5.32 Å². The van der Waals surface area contributed by atoms with Crippen molar-refractivity contribution >= 4 is 23.1 Å². The monoisotopic (exact) mass is 268 g/mol. The summed E-state index contributed by atoms with van der Waals surface area (Å²) < 4.78 is 4.52. The number of aromatic nitrogens is 3. The number of nitrogens with zero attached hydrogens (tertiary/aromatic N) is 2. The van der Waals surface area contributed by atoms with Gasteiger partial charge in [0.1, 0.15) is 0 Å². The Hall–Kier alpha value is -2.89. The predicted molar refractivity (Wildman–Crippen MR) is 75.4 cm³/mol. The van der Waals surface area contributed by atoms with Gasteiger partial charge in [0.25, 0.3) is 0 Å². The third-order valence-corrected chi connectivity index (χ3v) is 2.88. The Morgan fingerprint density at radius 2 is 2.20 bits per heavy atom. The summed E-state index contributed by atoms with van der Waals surface area (Å²) in [6.07, 6.45) is 2.97. The van der Waals surface area contributed by atoms with Gasteiger partial charge in [-0.25, -0.2) is 9.78 Å². The van der Waals surface area contributed by atoms with Crippen LogP contribution in [0.4, 0.5) is 10.7 Å². The molecule has 20 heavy (non-hydrogen) atoms. The quantitative estimate of drug-likeness (QED) is 0.749. The molecule has 0 unspecified atom stereocenters. The van der Waals surface area contributed by atoms with E-state index in [0.29, 0.717) is 5.95 Å². The van der Waals surface area contributed by atoms with Gasteiger partial charge in [0.05, 0.1) is 18.1 Å². The van der Waals surface area contributed by atoms with E-state index >= 15 is 0 Å². The van der Waals surface area contributed by atoms with E-state index < -0.39 is 6.09 Å². The average molecular weight is 268 g/mol. The van der Waals surface area contributed by atoms with Crippen molar-refractivity contribution in [3.63, 3.8) is 0 Å². The van der Waals surface area contributed by atoms with Crippen LogP contribution in [-0.2, 0) is 4.74 Å². The minimum atomic E-state index is -0.559. The van der Waals surface area contributed by atoms with Crippen LogP contribution in [0.1, 0.15) is 0 Å². The van der Waals surface area contributed by atoms with Crippen LogP contribution in [0.25, 0.3) is 22.2 Å². The first-order valence-corrected chi connectivity index (χ1v) is 6.01. The number of hydrogen-bond donors (Lipinski definition) is 2. The van der Waals surface area contributed by atoms with Crippen molar-refractivity contribution in [1.29, 1.82) is 0 Å². The van der Waals surface area contributed by atoms with E-state index in [0.717, 1.165) is 22.2 Å². The molecule has 0 aliphatic heterocycles. The van der Waals surface area contributed by atoms with Crippen molar-refractivity contribution < 1.29 is 9.53 Å². The maximum Gasteiger partial charge on any atom is 0.413 e. The van der Waals surface area contributed by atoms with Gasteiger partial charge in [-0.05, 0) is 23.8 Å². The first-order chi connectivity index (χ1) is 9.76. The minimum Gasteiger partial charge on any atom is -0.453 e. The number of amides is 1. The minimum absolute atomic E-state index is 0.357. The number of fused-ring (bicyclic) bond motifs is 1. The molecule has 3 aromatic rings. The number of anilines is 1. The Bertz CT molecular complexity index is 752. The predicted octanol–water partition coefficient (Wildman–Crippen LogP) is 2.80. The fourth-order valence-corrected chi connectivity index (χ4v) is 1.93. The number of imidazole rings is 1. The number of hydrogen-bond acceptors (Lipinski definition) is 4. The Kier molecular flexibility index (Phi) is 3.04. The lowest BCUT2D eigenvalue weighted by molar-refractivity contribution is 0.186. The number of benzene rings is 1. The highest BCUT2D eigenvalue weighted by Crippen LogP contribution is 2.23. The van der Waals surface area contributed by atoms with Crippen LogP contribution in [0.3, 0.4) is 0 Å². The molecule has 6 nitrogen and oxygen atoms in total. The summed E-state index contributed by atoms with van der Waals surface area (Å²) in [5.41, 5.74) is 3.65. The molecule has 3 rings (SSSR count). The number of rotatable bonds is 2. The van der Waals surface area contributed by atoms with Crippen molar-refractivity contribution in [3.05, 3.63) is 42.7 Å². The van der Waals surface area contributed by atoms with Gasteiger partial charge in [-0.3, -0.25) is 10.3 Å². The molecule has 2 heterocycles. The van der Waals surface area contributed by atoms with E-state index in [2.05, 4.69) is 25.0 Å². The highest BCUT2D eigenvalue weighted by Gasteiger charge is 2.07. The maximum absolute atomic E-state index is 11.1. The summed E-state index contributed by atoms with van der Waals surface area (Å²) in [6, 6.07) is 9.68. The number of methoxy groups -OCH3 is 1. The van der Waals surface area contributed by atoms with E-state index in [4.69, 9.17) is 0 Å². The van der Waals surface area contributed by atoms with Crippen LogP contribution in [-0.4, -0.2) is 28.2 Å². The van der Waals surface area contributed by atoms with Gasteiger partial charge in [0.2, 0.25) is 5.95 Å². The van der Waals surface area contributed by atoms with Crippen LogP contribution in [0.5, 0.6) is 0 Å². The van der Waals surface area contributed by atoms with Gasteiger partial charge < -0.3 is 9.72 Å². The Labute approximate surface area is 114 Å². The molecule has 0 fully saturated rings. The lowest BCUT2D eigenvalue weighted by Crippen LogP contribution is -2.11. The zero-order valence-corrected chi connectivity index (χ0v) is 10.8. The van der Waals surface area contributed by atoms with E-state index in [9.17, 15) is 4.79 Å². The van der Waals surface area contributed by atoms with Crippen molar-refractivity contribution in [3.8, 4) is 11.1 Å². The van der Waals surface area contributed by atoms with Crippen LogP contribution in [0.2, 0.25) is 0 Å². The van der Waals surface area contributed by atoms with Crippen molar-refractivity contribution in [2.24, 2.45) is 0 Å². The van der Waals surface area contributed by atoms with Crippen LogP contribution in [0.15, 0.2) is 42.7 Å². The standard InChI is InChI=1S/C14H12N4O2/c1-20-14(19)18-13-16-11-5-4-9(7-12(11)17-13)10-3-2-6-15-8-10/h2-8H,1H3,(H2,16,17,18,19). The molecule has 0 saturated heterocycles. The number of carbonyl (C=O) groups is 1. The molecular formula is C14H12N4O2. The van der Waals surface area contributed by atoms with Gasteiger partial charge in [0.15, 0.2) is 0 Å². The first kappa shape index (κ1) is 12.2. The number of nitrogens with one attached hydrogen (secondary N) is 2. The average Bonchev–Trinajstić information content (AvgIpc) is 2.89. The molecular weight excluding hydrogens is 256 g/mol. The lowest BCUT2D eigenvalue weighted by atomic mass is 10.1. The second-order valence-corrected chi connectivity index (χ2v) is 4.18. The molecule has 1 amide bonds. The first-order valence-electron chi connectivity index (χ1n) is 6.01. The Morgan fingerprint density at radius 3 is 2.95 bits per heavy atom. The molecule has 0 aliphatic rings. The van der Waals surface area contributed by atoms with Crippen molar-refractivity contribution in [1.82, 2.24) is 15.0 Å². The summed E-state index contributed by atoms with van der Waals surface area (Å²) in [6.45, 7) is 0. The highest BCUT2D eigenvalue weighted by atomic mass is 16.5. The van der Waals surface area contributed by atoms with Gasteiger partial charge in [-0.1, -0.05) is 12.1 Å². The molecule has 0 aliphatic carbocycles. The zero-order valence-electron chi connectivity index (χ0n) is 10.8. The molecule has 2 aromatic heterocycles. The zero-order chi connectivity index (χ0) is 13.9.